The predicted octanol–water partition coefficient (Wildman–Crippen LogP) is 1.30. The van der Waals surface area contributed by atoms with Crippen LogP contribution in [0.1, 0.15) is 51.3 Å². The molecule has 0 atom stereocenters. The van der Waals surface area contributed by atoms with Gasteiger partial charge in [0.2, 0.25) is 0 Å². The van der Waals surface area contributed by atoms with E-state index in [1.54, 1.807) is 4.57 Å². The number of carbonyl (C=O) groups is 1. The van der Waals surface area contributed by atoms with Gasteiger partial charge < -0.3 is 9.67 Å². The highest BCUT2D eigenvalue weighted by Gasteiger charge is 2.17. The number of aliphatic carboxylic acids is 1. The van der Waals surface area contributed by atoms with E-state index >= 15 is 0 Å². The Bertz CT molecular complexity index is 563. The topological polar surface area (TPSA) is 115 Å². The van der Waals surface area contributed by atoms with Crippen LogP contribution in [0.2, 0.25) is 0 Å². The van der Waals surface area contributed by atoms with Gasteiger partial charge >= 0.3 is 5.97 Å². The van der Waals surface area contributed by atoms with E-state index in [9.17, 15) is 13.2 Å². The minimum atomic E-state index is -3.79. The van der Waals surface area contributed by atoms with E-state index in [0.29, 0.717) is 18.8 Å². The van der Waals surface area contributed by atoms with Crippen molar-refractivity contribution in [3.63, 3.8) is 0 Å². The lowest BCUT2D eigenvalue weighted by atomic mass is 10.2. The molecule has 0 aromatic carbocycles. The van der Waals surface area contributed by atoms with Crippen molar-refractivity contribution in [2.75, 3.05) is 0 Å². The first-order valence-corrected chi connectivity index (χ1v) is 8.08. The van der Waals surface area contributed by atoms with Gasteiger partial charge in [-0.1, -0.05) is 20.3 Å². The molecule has 8 heteroatoms. The summed E-state index contributed by atoms with van der Waals surface area (Å²) in [5, 5.41) is 13.5. The summed E-state index contributed by atoms with van der Waals surface area (Å²) in [5.74, 6) is -0.0382. The fraction of sp³-hybridized carbons (Fsp3) is 0.667. The lowest BCUT2D eigenvalue weighted by Gasteiger charge is -2.09. The number of sulfonamides is 1. The lowest BCUT2D eigenvalue weighted by molar-refractivity contribution is -0.137. The number of carboxylic acids is 1. The molecule has 1 heterocycles. The minimum absolute atomic E-state index is 0.0875. The molecule has 0 aliphatic rings. The largest absolute Gasteiger partial charge is 0.481 e. The van der Waals surface area contributed by atoms with Gasteiger partial charge in [-0.15, -0.1) is 0 Å². The zero-order valence-electron chi connectivity index (χ0n) is 11.7. The van der Waals surface area contributed by atoms with E-state index in [-0.39, 0.29) is 17.4 Å². The molecule has 0 saturated carbocycles. The third-order valence-electron chi connectivity index (χ3n) is 2.88. The number of hydrogen-bond acceptors (Lipinski definition) is 4. The van der Waals surface area contributed by atoms with Crippen molar-refractivity contribution in [1.82, 2.24) is 9.55 Å². The Morgan fingerprint density at radius 2 is 2.05 bits per heavy atom. The number of unbranched alkanes of at least 4 members (excludes halogenated alkanes) is 2. The zero-order chi connectivity index (χ0) is 15.3. The third kappa shape index (κ3) is 4.93. The molecule has 3 N–H and O–H groups in total. The number of nitrogens with two attached hydrogens (primary N) is 1. The summed E-state index contributed by atoms with van der Waals surface area (Å²) in [6.07, 6.45) is 3.76. The number of nitrogens with zero attached hydrogens (tertiary/aromatic N) is 2. The SMILES string of the molecule is CC(C)c1nc(S(N)(=O)=O)cn1CCCCCC(=O)O. The Balaban J connectivity index is 2.69. The van der Waals surface area contributed by atoms with E-state index in [4.69, 9.17) is 10.2 Å². The molecule has 0 fully saturated rings. The molecule has 1 rings (SSSR count). The second-order valence-corrected chi connectivity index (χ2v) is 6.54. The number of hydrogen-bond donors (Lipinski definition) is 2. The molecule has 0 aliphatic carbocycles. The Labute approximate surface area is 118 Å². The Kier molecular flexibility index (Phi) is 5.70. The average Bonchev–Trinajstić information content (AvgIpc) is 2.72. The van der Waals surface area contributed by atoms with E-state index in [2.05, 4.69) is 4.98 Å². The van der Waals surface area contributed by atoms with Gasteiger partial charge in [0.15, 0.2) is 5.03 Å². The molecular formula is C12H21N3O4S. The highest BCUT2D eigenvalue weighted by Crippen LogP contribution is 2.17. The maximum absolute atomic E-state index is 11.3. The van der Waals surface area contributed by atoms with Crippen LogP contribution in [0.5, 0.6) is 0 Å². The van der Waals surface area contributed by atoms with Crippen LogP contribution < -0.4 is 5.14 Å². The smallest absolute Gasteiger partial charge is 0.303 e. The van der Waals surface area contributed by atoms with E-state index in [0.717, 1.165) is 12.8 Å². The average molecular weight is 303 g/mol. The number of primary sulfonamides is 1. The van der Waals surface area contributed by atoms with Crippen molar-refractivity contribution in [2.45, 2.75) is 57.0 Å². The maximum atomic E-state index is 11.3. The summed E-state index contributed by atoms with van der Waals surface area (Å²) in [4.78, 5) is 14.5. The summed E-state index contributed by atoms with van der Waals surface area (Å²) in [6, 6.07) is 0. The van der Waals surface area contributed by atoms with Crippen LogP contribution in [0, 0.1) is 0 Å². The van der Waals surface area contributed by atoms with Crippen molar-refractivity contribution in [3.8, 4) is 0 Å². The van der Waals surface area contributed by atoms with Crippen LogP contribution in [0.15, 0.2) is 11.2 Å². The molecule has 0 bridgehead atoms. The number of aromatic nitrogens is 2. The monoisotopic (exact) mass is 303 g/mol. The molecule has 20 heavy (non-hydrogen) atoms. The number of imidazole rings is 1. The number of carboxylic acid groups (broad SMARTS) is 1. The van der Waals surface area contributed by atoms with Crippen molar-refractivity contribution in [1.29, 1.82) is 0 Å². The highest BCUT2D eigenvalue weighted by molar-refractivity contribution is 7.89. The van der Waals surface area contributed by atoms with Crippen LogP contribution in [-0.4, -0.2) is 29.0 Å². The van der Waals surface area contributed by atoms with Crippen LogP contribution in [0.3, 0.4) is 0 Å². The van der Waals surface area contributed by atoms with Gasteiger partial charge in [-0.25, -0.2) is 18.5 Å². The highest BCUT2D eigenvalue weighted by atomic mass is 32.2. The molecule has 0 spiro atoms. The quantitative estimate of drug-likeness (QED) is 0.702. The summed E-state index contributed by atoms with van der Waals surface area (Å²) < 4.78 is 24.4. The predicted molar refractivity (Wildman–Crippen MR) is 73.8 cm³/mol. The molecule has 7 nitrogen and oxygen atoms in total. The van der Waals surface area contributed by atoms with Gasteiger partial charge in [0.25, 0.3) is 10.0 Å². The normalized spacial score (nSPS) is 12.0. The number of aryl methyl sites for hydroxylation is 1. The molecule has 1 aromatic heterocycles. The van der Waals surface area contributed by atoms with Gasteiger partial charge in [-0.05, 0) is 12.8 Å². The molecule has 0 unspecified atom stereocenters. The van der Waals surface area contributed by atoms with Gasteiger partial charge in [0.05, 0.1) is 0 Å². The second kappa shape index (κ2) is 6.85. The fourth-order valence-electron chi connectivity index (χ4n) is 1.92. The number of rotatable bonds is 8. The van der Waals surface area contributed by atoms with E-state index < -0.39 is 16.0 Å². The van der Waals surface area contributed by atoms with Gasteiger partial charge in [-0.3, -0.25) is 4.79 Å². The summed E-state index contributed by atoms with van der Waals surface area (Å²) in [5.41, 5.74) is 0. The van der Waals surface area contributed by atoms with Crippen LogP contribution in [0.25, 0.3) is 0 Å². The van der Waals surface area contributed by atoms with Crippen molar-refractivity contribution < 1.29 is 18.3 Å². The summed E-state index contributed by atoms with van der Waals surface area (Å²) in [7, 11) is -3.79. The first-order chi connectivity index (χ1) is 9.21. The molecule has 1 aromatic rings. The first kappa shape index (κ1) is 16.6. The van der Waals surface area contributed by atoms with Gasteiger partial charge in [0.1, 0.15) is 5.82 Å². The minimum Gasteiger partial charge on any atom is -0.481 e. The third-order valence-corrected chi connectivity index (χ3v) is 3.66. The molecular weight excluding hydrogens is 282 g/mol. The molecule has 114 valence electrons. The van der Waals surface area contributed by atoms with Gasteiger partial charge in [0, 0.05) is 25.1 Å². The zero-order valence-corrected chi connectivity index (χ0v) is 12.6. The van der Waals surface area contributed by atoms with Gasteiger partial charge in [-0.2, -0.15) is 0 Å². The standard InChI is InChI=1S/C12H21N3O4S/c1-9(2)12-14-10(20(13,18)19)8-15(12)7-5-3-4-6-11(16)17/h8-9H,3-7H2,1-2H3,(H,16,17)(H2,13,18,19). The van der Waals surface area contributed by atoms with Crippen molar-refractivity contribution >= 4 is 16.0 Å². The van der Waals surface area contributed by atoms with E-state index in [1.165, 1.54) is 6.20 Å². The fourth-order valence-corrected chi connectivity index (χ4v) is 2.41. The van der Waals surface area contributed by atoms with Crippen molar-refractivity contribution in [3.05, 3.63) is 12.0 Å². The Morgan fingerprint density at radius 3 is 2.55 bits per heavy atom. The summed E-state index contributed by atoms with van der Waals surface area (Å²) in [6.45, 7) is 4.46. The summed E-state index contributed by atoms with van der Waals surface area (Å²) >= 11 is 0. The molecule has 0 saturated heterocycles. The van der Waals surface area contributed by atoms with Crippen LogP contribution >= 0.6 is 0 Å². The molecule has 0 aliphatic heterocycles. The van der Waals surface area contributed by atoms with Crippen LogP contribution in [-0.2, 0) is 21.4 Å². The Hall–Kier alpha value is -1.41. The molecule has 0 radical (unpaired) electrons. The van der Waals surface area contributed by atoms with Crippen LogP contribution in [0.4, 0.5) is 0 Å². The molecule has 0 amide bonds. The lowest BCUT2D eigenvalue weighted by Crippen LogP contribution is -2.12. The maximum Gasteiger partial charge on any atom is 0.303 e. The van der Waals surface area contributed by atoms with Crippen molar-refractivity contribution in [2.24, 2.45) is 5.14 Å². The Morgan fingerprint density at radius 1 is 1.40 bits per heavy atom. The first-order valence-electron chi connectivity index (χ1n) is 6.53. The van der Waals surface area contributed by atoms with E-state index in [1.807, 2.05) is 13.8 Å². The second-order valence-electron chi connectivity index (χ2n) is 5.03.